The van der Waals surface area contributed by atoms with E-state index >= 15 is 0 Å². The minimum Gasteiger partial charge on any atom is -0.357 e. The number of benzene rings is 1. The third-order valence-corrected chi connectivity index (χ3v) is 3.66. The number of anilines is 1. The first-order chi connectivity index (χ1) is 8.27. The maximum Gasteiger partial charge on any atom is 0.243 e. The Morgan fingerprint density at radius 2 is 1.83 bits per heavy atom. The maximum atomic E-state index is 12.8. The predicted octanol–water partition coefficient (Wildman–Crippen LogP) is 0.726. The van der Waals surface area contributed by atoms with Gasteiger partial charge in [-0.1, -0.05) is 0 Å². The average molecular weight is 274 g/mol. The van der Waals surface area contributed by atoms with Gasteiger partial charge in [-0.2, -0.15) is 0 Å². The van der Waals surface area contributed by atoms with Crippen LogP contribution in [0.2, 0.25) is 0 Å². The summed E-state index contributed by atoms with van der Waals surface area (Å²) in [5.41, 5.74) is 0.245. The zero-order chi connectivity index (χ0) is 13.9. The van der Waals surface area contributed by atoms with E-state index in [0.29, 0.717) is 0 Å². The Kier molecular flexibility index (Phi) is 4.28. The third kappa shape index (κ3) is 3.19. The van der Waals surface area contributed by atoms with E-state index in [4.69, 9.17) is 0 Å². The number of hydrogen-bond acceptors (Lipinski definition) is 3. The molecule has 0 aliphatic rings. The van der Waals surface area contributed by atoms with Gasteiger partial charge in [0.05, 0.1) is 11.9 Å². The molecule has 0 fully saturated rings. The standard InChI is InChI=1S/C11H15FN2O3S/c1-8(11(15)13-2)14(18(3,16)17)10-6-4-9(12)5-7-10/h4-8H,1-3H3,(H,13,15). The molecule has 1 amide bonds. The molecule has 0 aromatic heterocycles. The number of carbonyl (C=O) groups excluding carboxylic acids is 1. The molecule has 1 N–H and O–H groups in total. The van der Waals surface area contributed by atoms with Crippen LogP contribution in [0.25, 0.3) is 0 Å². The Hall–Kier alpha value is -1.63. The van der Waals surface area contributed by atoms with Gasteiger partial charge < -0.3 is 5.32 Å². The van der Waals surface area contributed by atoms with Gasteiger partial charge in [-0.3, -0.25) is 9.10 Å². The van der Waals surface area contributed by atoms with E-state index in [1.807, 2.05) is 0 Å². The van der Waals surface area contributed by atoms with Crippen LogP contribution >= 0.6 is 0 Å². The third-order valence-electron chi connectivity index (χ3n) is 2.42. The van der Waals surface area contributed by atoms with Crippen LogP contribution in [0.5, 0.6) is 0 Å². The van der Waals surface area contributed by atoms with Gasteiger partial charge in [-0.05, 0) is 31.2 Å². The minimum absolute atomic E-state index is 0.245. The minimum atomic E-state index is -3.64. The van der Waals surface area contributed by atoms with E-state index in [0.717, 1.165) is 22.7 Å². The first-order valence-electron chi connectivity index (χ1n) is 5.24. The summed E-state index contributed by atoms with van der Waals surface area (Å²) in [4.78, 5) is 11.5. The fourth-order valence-corrected chi connectivity index (χ4v) is 2.78. The van der Waals surface area contributed by atoms with Crippen LogP contribution in [0, 0.1) is 5.82 Å². The van der Waals surface area contributed by atoms with Crippen molar-refractivity contribution in [2.45, 2.75) is 13.0 Å². The highest BCUT2D eigenvalue weighted by atomic mass is 32.2. The number of amides is 1. The first kappa shape index (κ1) is 14.4. The zero-order valence-corrected chi connectivity index (χ0v) is 11.2. The number of halogens is 1. The van der Waals surface area contributed by atoms with Crippen molar-refractivity contribution in [1.29, 1.82) is 0 Å². The maximum absolute atomic E-state index is 12.8. The molecule has 1 unspecified atom stereocenters. The quantitative estimate of drug-likeness (QED) is 0.880. The molecular weight excluding hydrogens is 259 g/mol. The monoisotopic (exact) mass is 274 g/mol. The molecular formula is C11H15FN2O3S. The van der Waals surface area contributed by atoms with Crippen molar-refractivity contribution in [3.63, 3.8) is 0 Å². The lowest BCUT2D eigenvalue weighted by Crippen LogP contribution is -2.46. The van der Waals surface area contributed by atoms with E-state index in [1.165, 1.54) is 26.1 Å². The molecule has 100 valence electrons. The molecule has 0 aliphatic heterocycles. The number of hydrogen-bond donors (Lipinski definition) is 1. The summed E-state index contributed by atoms with van der Waals surface area (Å²) in [5, 5.41) is 2.38. The fraction of sp³-hybridized carbons (Fsp3) is 0.364. The first-order valence-corrected chi connectivity index (χ1v) is 7.08. The van der Waals surface area contributed by atoms with E-state index in [9.17, 15) is 17.6 Å². The second-order valence-corrected chi connectivity index (χ2v) is 5.68. The van der Waals surface area contributed by atoms with Gasteiger partial charge in [-0.25, -0.2) is 12.8 Å². The molecule has 1 rings (SSSR count). The summed E-state index contributed by atoms with van der Waals surface area (Å²) in [5.74, 6) is -0.912. The van der Waals surface area contributed by atoms with Crippen molar-refractivity contribution < 1.29 is 17.6 Å². The van der Waals surface area contributed by atoms with Crippen molar-refractivity contribution in [3.05, 3.63) is 30.1 Å². The Labute approximate surface area is 106 Å². The van der Waals surface area contributed by atoms with Crippen LogP contribution < -0.4 is 9.62 Å². The highest BCUT2D eigenvalue weighted by Gasteiger charge is 2.28. The smallest absolute Gasteiger partial charge is 0.243 e. The molecule has 0 radical (unpaired) electrons. The lowest BCUT2D eigenvalue weighted by atomic mass is 10.2. The van der Waals surface area contributed by atoms with Gasteiger partial charge in [0.25, 0.3) is 0 Å². The van der Waals surface area contributed by atoms with Crippen LogP contribution in [-0.4, -0.2) is 33.7 Å². The summed E-state index contributed by atoms with van der Waals surface area (Å²) >= 11 is 0. The van der Waals surface area contributed by atoms with Crippen molar-refractivity contribution in [2.75, 3.05) is 17.6 Å². The van der Waals surface area contributed by atoms with Crippen molar-refractivity contribution in [2.24, 2.45) is 0 Å². The van der Waals surface area contributed by atoms with Crippen LogP contribution in [0.4, 0.5) is 10.1 Å². The van der Waals surface area contributed by atoms with Gasteiger partial charge in [0.1, 0.15) is 11.9 Å². The molecule has 7 heteroatoms. The summed E-state index contributed by atoms with van der Waals surface area (Å²) in [7, 11) is -2.21. The molecule has 0 aliphatic carbocycles. The van der Waals surface area contributed by atoms with Gasteiger partial charge in [-0.15, -0.1) is 0 Å². The van der Waals surface area contributed by atoms with Crippen LogP contribution in [-0.2, 0) is 14.8 Å². The van der Waals surface area contributed by atoms with E-state index in [-0.39, 0.29) is 5.69 Å². The van der Waals surface area contributed by atoms with Crippen molar-refractivity contribution in [1.82, 2.24) is 5.32 Å². The summed E-state index contributed by atoms with van der Waals surface area (Å²) < 4.78 is 37.2. The SMILES string of the molecule is CNC(=O)C(C)N(c1ccc(F)cc1)S(C)(=O)=O. The van der Waals surface area contributed by atoms with Crippen molar-refractivity contribution >= 4 is 21.6 Å². The van der Waals surface area contributed by atoms with E-state index < -0.39 is 27.8 Å². The molecule has 0 saturated carbocycles. The number of nitrogens with one attached hydrogen (secondary N) is 1. The van der Waals surface area contributed by atoms with Crippen molar-refractivity contribution in [3.8, 4) is 0 Å². The molecule has 5 nitrogen and oxygen atoms in total. The fourth-order valence-electron chi connectivity index (χ4n) is 1.61. The predicted molar refractivity (Wildman–Crippen MR) is 67.3 cm³/mol. The Balaban J connectivity index is 3.23. The van der Waals surface area contributed by atoms with Gasteiger partial charge in [0.15, 0.2) is 0 Å². The Morgan fingerprint density at radius 1 is 1.33 bits per heavy atom. The summed E-state index contributed by atoms with van der Waals surface area (Å²) in [6.45, 7) is 1.46. The molecule has 0 bridgehead atoms. The lowest BCUT2D eigenvalue weighted by Gasteiger charge is -2.27. The normalized spacial score (nSPS) is 12.9. The number of nitrogens with zero attached hydrogens (tertiary/aromatic N) is 1. The second-order valence-electron chi connectivity index (χ2n) is 3.83. The van der Waals surface area contributed by atoms with Gasteiger partial charge in [0.2, 0.25) is 15.9 Å². The van der Waals surface area contributed by atoms with Crippen LogP contribution in [0.15, 0.2) is 24.3 Å². The zero-order valence-electron chi connectivity index (χ0n) is 10.3. The second kappa shape index (κ2) is 5.34. The molecule has 1 atom stereocenters. The van der Waals surface area contributed by atoms with E-state index in [2.05, 4.69) is 5.32 Å². The Bertz CT molecular complexity index is 528. The molecule has 0 spiro atoms. The van der Waals surface area contributed by atoms with E-state index in [1.54, 1.807) is 0 Å². The largest absolute Gasteiger partial charge is 0.357 e. The van der Waals surface area contributed by atoms with Crippen LogP contribution in [0.3, 0.4) is 0 Å². The average Bonchev–Trinajstić information content (AvgIpc) is 2.29. The highest BCUT2D eigenvalue weighted by Crippen LogP contribution is 2.20. The molecule has 0 heterocycles. The molecule has 0 saturated heterocycles. The lowest BCUT2D eigenvalue weighted by molar-refractivity contribution is -0.121. The van der Waals surface area contributed by atoms with Gasteiger partial charge in [0, 0.05) is 7.05 Å². The topological polar surface area (TPSA) is 66.5 Å². The number of carbonyl (C=O) groups is 1. The number of rotatable bonds is 4. The highest BCUT2D eigenvalue weighted by molar-refractivity contribution is 7.92. The molecule has 18 heavy (non-hydrogen) atoms. The number of likely N-dealkylation sites (N-methyl/N-ethyl adjacent to an activating group) is 1. The summed E-state index contributed by atoms with van der Waals surface area (Å²) in [6.07, 6.45) is 0.996. The Morgan fingerprint density at radius 3 is 2.22 bits per heavy atom. The molecule has 1 aromatic carbocycles. The number of sulfonamides is 1. The molecule has 1 aromatic rings. The van der Waals surface area contributed by atoms with Gasteiger partial charge >= 0.3 is 0 Å². The summed E-state index contributed by atoms with van der Waals surface area (Å²) in [6, 6.07) is 4.01. The van der Waals surface area contributed by atoms with Crippen LogP contribution in [0.1, 0.15) is 6.92 Å².